The van der Waals surface area contributed by atoms with Gasteiger partial charge < -0.3 is 9.64 Å². The second kappa shape index (κ2) is 11.2. The second-order valence-corrected chi connectivity index (χ2v) is 11.8. The van der Waals surface area contributed by atoms with Gasteiger partial charge >= 0.3 is 0 Å². The average molecular weight is 542 g/mol. The largest absolute Gasteiger partial charge is 0.378 e. The molecule has 0 unspecified atom stereocenters. The Morgan fingerprint density at radius 2 is 1.80 bits per heavy atom. The number of thiophene rings is 1. The Bertz CT molecular complexity index is 1250. The molecule has 0 atom stereocenters. The van der Waals surface area contributed by atoms with Gasteiger partial charge in [0, 0.05) is 40.1 Å². The average Bonchev–Trinajstić information content (AvgIpc) is 3.44. The van der Waals surface area contributed by atoms with Gasteiger partial charge in [-0.1, -0.05) is 23.4 Å². The predicted molar refractivity (Wildman–Crippen MR) is 149 cm³/mol. The molecule has 0 N–H and O–H groups in total. The van der Waals surface area contributed by atoms with Crippen molar-refractivity contribution >= 4 is 75.0 Å². The Morgan fingerprint density at radius 3 is 2.51 bits per heavy atom. The standard InChI is InChI=1S/C26H24ClN3O2S3/c1-2-30-25(31)23(17-22-11-12-24(34-22)33-21-9-3-18(27)4-10-21)35-26(30)28-19-5-7-20(8-6-19)29-13-15-32-16-14-29/h3-12,17H,2,13-16H2,1H3. The van der Waals surface area contributed by atoms with E-state index in [0.717, 1.165) is 56.2 Å². The highest BCUT2D eigenvalue weighted by Gasteiger charge is 2.32. The number of nitrogens with zero attached hydrogens (tertiary/aromatic N) is 3. The number of hydrogen-bond acceptors (Lipinski definition) is 7. The number of benzene rings is 2. The molecule has 2 aliphatic rings. The fourth-order valence-electron chi connectivity index (χ4n) is 3.76. The highest BCUT2D eigenvalue weighted by molar-refractivity contribution is 8.18. The molecule has 0 bridgehead atoms. The Hall–Kier alpha value is -2.23. The van der Waals surface area contributed by atoms with Gasteiger partial charge in [0.25, 0.3) is 5.91 Å². The molecule has 1 amide bonds. The third-order valence-electron chi connectivity index (χ3n) is 5.56. The lowest BCUT2D eigenvalue weighted by Crippen LogP contribution is -2.36. The number of halogens is 1. The summed E-state index contributed by atoms with van der Waals surface area (Å²) in [5, 5.41) is 1.45. The number of carbonyl (C=O) groups is 1. The van der Waals surface area contributed by atoms with Crippen LogP contribution in [0.3, 0.4) is 0 Å². The van der Waals surface area contributed by atoms with Gasteiger partial charge in [0.15, 0.2) is 5.17 Å². The molecule has 35 heavy (non-hydrogen) atoms. The van der Waals surface area contributed by atoms with Crippen molar-refractivity contribution in [2.45, 2.75) is 16.0 Å². The van der Waals surface area contributed by atoms with Crippen LogP contribution in [0.2, 0.25) is 5.02 Å². The van der Waals surface area contributed by atoms with E-state index in [4.69, 9.17) is 21.3 Å². The molecule has 2 aliphatic heterocycles. The molecule has 180 valence electrons. The molecule has 0 radical (unpaired) electrons. The van der Waals surface area contributed by atoms with Crippen LogP contribution in [0.25, 0.3) is 6.08 Å². The quantitative estimate of drug-likeness (QED) is 0.314. The molecule has 9 heteroatoms. The summed E-state index contributed by atoms with van der Waals surface area (Å²) >= 11 is 10.8. The number of carbonyl (C=O) groups excluding carboxylic acids is 1. The minimum atomic E-state index is 0.00138. The maximum absolute atomic E-state index is 13.1. The van der Waals surface area contributed by atoms with E-state index in [-0.39, 0.29) is 5.91 Å². The van der Waals surface area contributed by atoms with Gasteiger partial charge in [-0.15, -0.1) is 11.3 Å². The van der Waals surface area contributed by atoms with E-state index in [0.29, 0.717) is 11.4 Å². The zero-order valence-electron chi connectivity index (χ0n) is 19.1. The topological polar surface area (TPSA) is 45.1 Å². The number of ether oxygens (including phenoxy) is 1. The summed E-state index contributed by atoms with van der Waals surface area (Å²) in [7, 11) is 0. The maximum atomic E-state index is 13.1. The second-order valence-electron chi connectivity index (χ2n) is 7.88. The molecule has 2 saturated heterocycles. The molecule has 2 fully saturated rings. The normalized spacial score (nSPS) is 18.7. The van der Waals surface area contributed by atoms with Crippen LogP contribution in [0.1, 0.15) is 11.8 Å². The number of likely N-dealkylation sites (N-methyl/N-ethyl adjacent to an activating group) is 1. The molecular formula is C26H24ClN3O2S3. The van der Waals surface area contributed by atoms with Crippen LogP contribution >= 0.6 is 46.5 Å². The monoisotopic (exact) mass is 541 g/mol. The summed E-state index contributed by atoms with van der Waals surface area (Å²) in [4.78, 5) is 24.8. The minimum Gasteiger partial charge on any atom is -0.378 e. The van der Waals surface area contributed by atoms with E-state index in [2.05, 4.69) is 29.2 Å². The Balaban J connectivity index is 1.30. The van der Waals surface area contributed by atoms with E-state index in [1.54, 1.807) is 28.0 Å². The van der Waals surface area contributed by atoms with Crippen LogP contribution in [0.4, 0.5) is 11.4 Å². The summed E-state index contributed by atoms with van der Waals surface area (Å²) in [6, 6.07) is 20.1. The van der Waals surface area contributed by atoms with Gasteiger partial charge in [0.2, 0.25) is 0 Å². The smallest absolute Gasteiger partial charge is 0.266 e. The summed E-state index contributed by atoms with van der Waals surface area (Å²) in [6.07, 6.45) is 1.97. The van der Waals surface area contributed by atoms with E-state index in [1.165, 1.54) is 17.4 Å². The van der Waals surface area contributed by atoms with E-state index in [9.17, 15) is 4.79 Å². The van der Waals surface area contributed by atoms with Crippen molar-refractivity contribution in [1.29, 1.82) is 0 Å². The first-order valence-electron chi connectivity index (χ1n) is 11.3. The third kappa shape index (κ3) is 5.95. The molecule has 1 aromatic heterocycles. The molecule has 2 aromatic carbocycles. The molecule has 0 spiro atoms. The molecule has 5 rings (SSSR count). The number of aliphatic imine (C=N–C) groups is 1. The number of hydrogen-bond donors (Lipinski definition) is 0. The first-order valence-corrected chi connectivity index (χ1v) is 14.2. The van der Waals surface area contributed by atoms with Crippen molar-refractivity contribution in [1.82, 2.24) is 4.90 Å². The molecule has 5 nitrogen and oxygen atoms in total. The van der Waals surface area contributed by atoms with Gasteiger partial charge in [0.1, 0.15) is 0 Å². The Morgan fingerprint density at radius 1 is 1.06 bits per heavy atom. The summed E-state index contributed by atoms with van der Waals surface area (Å²) in [5.74, 6) is 0.00138. The fraction of sp³-hybridized carbons (Fsp3) is 0.231. The van der Waals surface area contributed by atoms with Crippen molar-refractivity contribution in [3.05, 3.63) is 75.5 Å². The molecular weight excluding hydrogens is 518 g/mol. The van der Waals surface area contributed by atoms with Crippen LogP contribution in [0, 0.1) is 0 Å². The van der Waals surface area contributed by atoms with Gasteiger partial charge in [-0.05, 0) is 85.4 Å². The highest BCUT2D eigenvalue weighted by atomic mass is 35.5. The maximum Gasteiger partial charge on any atom is 0.266 e. The van der Waals surface area contributed by atoms with Gasteiger partial charge in [-0.3, -0.25) is 9.69 Å². The number of anilines is 1. The first-order chi connectivity index (χ1) is 17.1. The van der Waals surface area contributed by atoms with Crippen LogP contribution in [-0.4, -0.2) is 48.8 Å². The summed E-state index contributed by atoms with van der Waals surface area (Å²) < 4.78 is 6.60. The molecule has 0 saturated carbocycles. The van der Waals surface area contributed by atoms with E-state index >= 15 is 0 Å². The summed E-state index contributed by atoms with van der Waals surface area (Å²) in [5.41, 5.74) is 2.01. The number of amides is 1. The lowest BCUT2D eigenvalue weighted by Gasteiger charge is -2.28. The van der Waals surface area contributed by atoms with Crippen molar-refractivity contribution in [2.24, 2.45) is 4.99 Å². The lowest BCUT2D eigenvalue weighted by molar-refractivity contribution is -0.122. The first kappa shape index (κ1) is 24.5. The van der Waals surface area contributed by atoms with Crippen molar-refractivity contribution < 1.29 is 9.53 Å². The van der Waals surface area contributed by atoms with Crippen LogP contribution in [0.15, 0.2) is 79.7 Å². The zero-order chi connectivity index (χ0) is 24.2. The lowest BCUT2D eigenvalue weighted by atomic mass is 10.2. The number of morpholine rings is 1. The zero-order valence-corrected chi connectivity index (χ0v) is 22.4. The highest BCUT2D eigenvalue weighted by Crippen LogP contribution is 2.38. The number of amidine groups is 1. The minimum absolute atomic E-state index is 0.00138. The van der Waals surface area contributed by atoms with Crippen molar-refractivity contribution in [3.8, 4) is 0 Å². The van der Waals surface area contributed by atoms with E-state index < -0.39 is 0 Å². The van der Waals surface area contributed by atoms with Gasteiger partial charge in [-0.25, -0.2) is 4.99 Å². The van der Waals surface area contributed by atoms with Crippen molar-refractivity contribution in [3.63, 3.8) is 0 Å². The van der Waals surface area contributed by atoms with E-state index in [1.807, 2.05) is 49.4 Å². The van der Waals surface area contributed by atoms with Crippen molar-refractivity contribution in [2.75, 3.05) is 37.7 Å². The van der Waals surface area contributed by atoms with Crippen LogP contribution in [-0.2, 0) is 9.53 Å². The molecule has 3 heterocycles. The summed E-state index contributed by atoms with van der Waals surface area (Å²) in [6.45, 7) is 5.88. The van der Waals surface area contributed by atoms with Crippen LogP contribution < -0.4 is 4.90 Å². The molecule has 0 aliphatic carbocycles. The Labute approximate surface area is 222 Å². The SMILES string of the molecule is CCN1C(=O)C(=Cc2ccc(Sc3ccc(Cl)cc3)s2)SC1=Nc1ccc(N2CCOCC2)cc1. The van der Waals surface area contributed by atoms with Crippen LogP contribution in [0.5, 0.6) is 0 Å². The number of rotatable bonds is 6. The van der Waals surface area contributed by atoms with Gasteiger partial charge in [-0.2, -0.15) is 0 Å². The predicted octanol–water partition coefficient (Wildman–Crippen LogP) is 7.01. The Kier molecular flexibility index (Phi) is 7.84. The van der Waals surface area contributed by atoms with Gasteiger partial charge in [0.05, 0.1) is 28.0 Å². The third-order valence-corrected chi connectivity index (χ3v) is 8.99. The fourth-order valence-corrected chi connectivity index (χ4v) is 7.07. The number of thioether (sulfide) groups is 1. The molecule has 3 aromatic rings.